The van der Waals surface area contributed by atoms with Gasteiger partial charge in [0.05, 0.1) is 6.20 Å². The highest BCUT2D eigenvalue weighted by Crippen LogP contribution is 2.12. The van der Waals surface area contributed by atoms with Gasteiger partial charge in [-0.05, 0) is 0 Å². The minimum Gasteiger partial charge on any atom is -0.388 e. The van der Waals surface area contributed by atoms with Crippen LogP contribution in [-0.4, -0.2) is 14.5 Å². The highest BCUT2D eigenvalue weighted by Gasteiger charge is 2.00. The standard InChI is InChI=1S/C6H6N2OS.ClH/c9-4-5-7-3-6-8(5)1-2-10-6;/h1-3,9H,4H2;1H. The summed E-state index contributed by atoms with van der Waals surface area (Å²) >= 11 is 1.61. The number of thiazole rings is 1. The molecule has 0 aromatic carbocycles. The topological polar surface area (TPSA) is 37.5 Å². The molecule has 11 heavy (non-hydrogen) atoms. The number of aliphatic hydroxyl groups is 1. The molecular weight excluding hydrogens is 184 g/mol. The van der Waals surface area contributed by atoms with E-state index in [1.165, 1.54) is 0 Å². The Morgan fingerprint density at radius 3 is 3.18 bits per heavy atom. The van der Waals surface area contributed by atoms with Crippen LogP contribution < -0.4 is 0 Å². The fourth-order valence-electron chi connectivity index (χ4n) is 0.906. The molecule has 3 nitrogen and oxygen atoms in total. The van der Waals surface area contributed by atoms with E-state index in [0.29, 0.717) is 5.82 Å². The van der Waals surface area contributed by atoms with Crippen LogP contribution in [0.3, 0.4) is 0 Å². The molecule has 0 unspecified atom stereocenters. The summed E-state index contributed by atoms with van der Waals surface area (Å²) in [5.74, 6) is 0.705. The Hall–Kier alpha value is -0.580. The largest absolute Gasteiger partial charge is 0.388 e. The predicted octanol–water partition coefficient (Wildman–Crippen LogP) is 1.31. The summed E-state index contributed by atoms with van der Waals surface area (Å²) in [6, 6.07) is 0. The second-order valence-electron chi connectivity index (χ2n) is 1.94. The van der Waals surface area contributed by atoms with Gasteiger partial charge in [0.15, 0.2) is 0 Å². The zero-order chi connectivity index (χ0) is 6.97. The number of hydrogen-bond donors (Lipinski definition) is 1. The van der Waals surface area contributed by atoms with Gasteiger partial charge in [-0.2, -0.15) is 0 Å². The fraction of sp³-hybridized carbons (Fsp3) is 0.167. The molecule has 5 heteroatoms. The molecule has 0 fully saturated rings. The first-order valence-corrected chi connectivity index (χ1v) is 3.80. The summed E-state index contributed by atoms with van der Waals surface area (Å²) in [6.07, 6.45) is 3.66. The third-order valence-electron chi connectivity index (χ3n) is 1.38. The maximum Gasteiger partial charge on any atom is 0.139 e. The van der Waals surface area contributed by atoms with Crippen LogP contribution in [-0.2, 0) is 6.61 Å². The number of fused-ring (bicyclic) bond motifs is 1. The van der Waals surface area contributed by atoms with Gasteiger partial charge in [-0.25, -0.2) is 4.98 Å². The number of halogens is 1. The van der Waals surface area contributed by atoms with E-state index in [1.54, 1.807) is 17.5 Å². The van der Waals surface area contributed by atoms with E-state index in [1.807, 2.05) is 16.0 Å². The molecule has 2 aromatic heterocycles. The number of aromatic nitrogens is 2. The molecule has 2 rings (SSSR count). The number of hydrogen-bond acceptors (Lipinski definition) is 3. The molecule has 60 valence electrons. The lowest BCUT2D eigenvalue weighted by Crippen LogP contribution is -1.89. The lowest BCUT2D eigenvalue weighted by molar-refractivity contribution is 0.271. The van der Waals surface area contributed by atoms with E-state index < -0.39 is 0 Å². The highest BCUT2D eigenvalue weighted by molar-refractivity contribution is 7.15. The molecule has 0 saturated carbocycles. The van der Waals surface area contributed by atoms with Crippen LogP contribution >= 0.6 is 23.7 Å². The fourth-order valence-corrected chi connectivity index (χ4v) is 1.62. The van der Waals surface area contributed by atoms with Gasteiger partial charge in [0.2, 0.25) is 0 Å². The van der Waals surface area contributed by atoms with Crippen molar-refractivity contribution in [1.82, 2.24) is 9.38 Å². The van der Waals surface area contributed by atoms with Crippen molar-refractivity contribution >= 4 is 28.6 Å². The molecule has 2 aromatic rings. The van der Waals surface area contributed by atoms with E-state index in [0.717, 1.165) is 4.83 Å². The Labute approximate surface area is 73.7 Å². The quantitative estimate of drug-likeness (QED) is 0.737. The third-order valence-corrected chi connectivity index (χ3v) is 2.18. The summed E-state index contributed by atoms with van der Waals surface area (Å²) in [5.41, 5.74) is 0. The predicted molar refractivity (Wildman–Crippen MR) is 46.2 cm³/mol. The zero-order valence-corrected chi connectivity index (χ0v) is 7.23. The first-order chi connectivity index (χ1) is 4.92. The van der Waals surface area contributed by atoms with Gasteiger partial charge in [-0.1, -0.05) is 0 Å². The second-order valence-corrected chi connectivity index (χ2v) is 2.87. The van der Waals surface area contributed by atoms with Gasteiger partial charge in [-0.3, -0.25) is 4.40 Å². The molecule has 0 aliphatic carbocycles. The van der Waals surface area contributed by atoms with E-state index in [-0.39, 0.29) is 19.0 Å². The van der Waals surface area contributed by atoms with Gasteiger partial charge in [0.1, 0.15) is 17.3 Å². The second kappa shape index (κ2) is 3.21. The van der Waals surface area contributed by atoms with Crippen LogP contribution in [0, 0.1) is 0 Å². The van der Waals surface area contributed by atoms with Gasteiger partial charge in [0, 0.05) is 11.6 Å². The SMILES string of the molecule is Cl.OCc1ncc2sccn12. The van der Waals surface area contributed by atoms with Gasteiger partial charge in [0.25, 0.3) is 0 Å². The Kier molecular flexibility index (Phi) is 2.49. The van der Waals surface area contributed by atoms with E-state index >= 15 is 0 Å². The average Bonchev–Trinajstić information content (AvgIpc) is 2.44. The van der Waals surface area contributed by atoms with Crippen molar-refractivity contribution in [1.29, 1.82) is 0 Å². The van der Waals surface area contributed by atoms with Crippen molar-refractivity contribution < 1.29 is 5.11 Å². The number of nitrogens with zero attached hydrogens (tertiary/aromatic N) is 2. The summed E-state index contributed by atoms with van der Waals surface area (Å²) in [7, 11) is 0. The molecule has 2 heterocycles. The maximum atomic E-state index is 8.76. The molecule has 0 aliphatic rings. The molecule has 0 radical (unpaired) electrons. The van der Waals surface area contributed by atoms with Crippen LogP contribution in [0.5, 0.6) is 0 Å². The minimum atomic E-state index is 0. The van der Waals surface area contributed by atoms with Crippen LogP contribution in [0.25, 0.3) is 4.83 Å². The Balaban J connectivity index is 0.000000605. The number of imidazole rings is 1. The number of rotatable bonds is 1. The molecular formula is C6H7ClN2OS. The smallest absolute Gasteiger partial charge is 0.139 e. The van der Waals surface area contributed by atoms with Crippen molar-refractivity contribution in [3.63, 3.8) is 0 Å². The van der Waals surface area contributed by atoms with Crippen LogP contribution in [0.1, 0.15) is 5.82 Å². The van der Waals surface area contributed by atoms with Crippen LogP contribution in [0.2, 0.25) is 0 Å². The van der Waals surface area contributed by atoms with Crippen molar-refractivity contribution in [3.8, 4) is 0 Å². The normalized spacial score (nSPS) is 9.91. The van der Waals surface area contributed by atoms with Crippen LogP contribution in [0.4, 0.5) is 0 Å². The summed E-state index contributed by atoms with van der Waals surface area (Å²) in [6.45, 7) is 0.00486. The van der Waals surface area contributed by atoms with Gasteiger partial charge in [-0.15, -0.1) is 23.7 Å². The maximum absolute atomic E-state index is 8.76. The third kappa shape index (κ3) is 1.24. The van der Waals surface area contributed by atoms with Gasteiger partial charge < -0.3 is 5.11 Å². The number of aliphatic hydroxyl groups excluding tert-OH is 1. The molecule has 0 bridgehead atoms. The van der Waals surface area contributed by atoms with E-state index in [9.17, 15) is 0 Å². The monoisotopic (exact) mass is 190 g/mol. The van der Waals surface area contributed by atoms with Crippen molar-refractivity contribution in [2.24, 2.45) is 0 Å². The van der Waals surface area contributed by atoms with Crippen molar-refractivity contribution in [2.75, 3.05) is 0 Å². The molecule has 0 saturated heterocycles. The summed E-state index contributed by atoms with van der Waals surface area (Å²) in [5, 5.41) is 10.7. The highest BCUT2D eigenvalue weighted by atomic mass is 35.5. The van der Waals surface area contributed by atoms with Crippen molar-refractivity contribution in [2.45, 2.75) is 6.61 Å². The molecule has 1 N–H and O–H groups in total. The Morgan fingerprint density at radius 2 is 2.45 bits per heavy atom. The lowest BCUT2D eigenvalue weighted by Gasteiger charge is -1.87. The average molecular weight is 191 g/mol. The summed E-state index contributed by atoms with van der Waals surface area (Å²) < 4.78 is 1.88. The lowest BCUT2D eigenvalue weighted by atomic mass is 10.6. The molecule has 0 spiro atoms. The Bertz CT molecular complexity index is 343. The molecule has 0 aliphatic heterocycles. The van der Waals surface area contributed by atoms with E-state index in [4.69, 9.17) is 5.11 Å². The first-order valence-electron chi connectivity index (χ1n) is 2.92. The van der Waals surface area contributed by atoms with E-state index in [2.05, 4.69) is 4.98 Å². The van der Waals surface area contributed by atoms with Gasteiger partial charge >= 0.3 is 0 Å². The zero-order valence-electron chi connectivity index (χ0n) is 5.60. The Morgan fingerprint density at radius 1 is 1.64 bits per heavy atom. The van der Waals surface area contributed by atoms with Crippen LogP contribution in [0.15, 0.2) is 17.8 Å². The molecule has 0 amide bonds. The first kappa shape index (κ1) is 8.52. The minimum absolute atomic E-state index is 0. The summed E-state index contributed by atoms with van der Waals surface area (Å²) in [4.78, 5) is 5.07. The molecule has 0 atom stereocenters. The van der Waals surface area contributed by atoms with Crippen molar-refractivity contribution in [3.05, 3.63) is 23.6 Å².